The van der Waals surface area contributed by atoms with Crippen LogP contribution in [0.4, 0.5) is 0 Å². The molecule has 0 spiro atoms. The molecule has 0 rings (SSSR count). The molecule has 0 bridgehead atoms. The molecule has 3 N–H and O–H groups in total. The van der Waals surface area contributed by atoms with Crippen LogP contribution in [0.2, 0.25) is 0 Å². The molecule has 0 amide bonds. The summed E-state index contributed by atoms with van der Waals surface area (Å²) in [5.41, 5.74) is 0. The lowest BCUT2D eigenvalue weighted by Gasteiger charge is -2.21. The zero-order chi connectivity index (χ0) is 77.1. The summed E-state index contributed by atoms with van der Waals surface area (Å²) < 4.78 is 68.8. The summed E-state index contributed by atoms with van der Waals surface area (Å²) in [4.78, 5) is 73.1. The Bertz CT molecular complexity index is 2010. The number of ether oxygens (including phenoxy) is 4. The molecule has 105 heavy (non-hydrogen) atoms. The molecule has 17 nitrogen and oxygen atoms in total. The Hall–Kier alpha value is -1.94. The van der Waals surface area contributed by atoms with Crippen LogP contribution in [-0.2, 0) is 65.4 Å². The molecule has 0 fully saturated rings. The van der Waals surface area contributed by atoms with E-state index in [1.807, 2.05) is 0 Å². The second-order valence-corrected chi connectivity index (χ2v) is 34.6. The molecule has 0 aromatic heterocycles. The molecule has 6 atom stereocenters. The molecular weight excluding hydrogens is 1370 g/mol. The number of carbonyl (C=O) groups is 4. The van der Waals surface area contributed by atoms with Crippen LogP contribution in [0.1, 0.15) is 459 Å². The van der Waals surface area contributed by atoms with Gasteiger partial charge in [-0.3, -0.25) is 37.3 Å². The molecule has 0 aliphatic carbocycles. The number of esters is 4. The summed E-state index contributed by atoms with van der Waals surface area (Å²) in [5.74, 6) is -0.528. The summed E-state index contributed by atoms with van der Waals surface area (Å²) in [6, 6.07) is 0. The molecule has 0 aliphatic heterocycles. The third-order valence-corrected chi connectivity index (χ3v) is 22.5. The molecular formula is C86H168O17P2. The van der Waals surface area contributed by atoms with Gasteiger partial charge in [-0.15, -0.1) is 0 Å². The van der Waals surface area contributed by atoms with E-state index < -0.39 is 97.5 Å². The summed E-state index contributed by atoms with van der Waals surface area (Å²) in [7, 11) is -9.92. The number of hydrogen-bond acceptors (Lipinski definition) is 15. The van der Waals surface area contributed by atoms with Gasteiger partial charge in [0.2, 0.25) is 0 Å². The Kier molecular flexibility index (Phi) is 76.0. The van der Waals surface area contributed by atoms with E-state index in [1.165, 1.54) is 270 Å². The summed E-state index contributed by atoms with van der Waals surface area (Å²) in [5, 5.41) is 10.7. The highest BCUT2D eigenvalue weighted by atomic mass is 31.2. The largest absolute Gasteiger partial charge is 0.472 e. The van der Waals surface area contributed by atoms with Crippen molar-refractivity contribution in [3.63, 3.8) is 0 Å². The Balaban J connectivity index is 5.19. The standard InChI is InChI=1S/C86H168O17P2/c1-7-10-12-14-16-18-20-22-23-24-25-26-27-31-34-37-41-44-50-56-62-68-83(88)96-74-81(102-86(91)71-65-59-52-46-42-38-35-32-29-28-30-33-36-39-43-49-55-61-67-79(6)9-3)76-100-104(92,93)98-72-80(87)73-99-105(94,95)101-77-82(75-97-84(89)69-63-57-53-47-48-54-60-66-78(4)5)103-85(90)70-64-58-51-45-40-21-19-17-15-13-11-8-2/h78-82,87H,7-77H2,1-6H3,(H,92,93)(H,94,95)/t79?,80-,81-,82-/m1/s1. The third-order valence-electron chi connectivity index (χ3n) is 20.6. The average molecular weight is 1540 g/mol. The van der Waals surface area contributed by atoms with Gasteiger partial charge in [0.25, 0.3) is 0 Å². The fraction of sp³-hybridized carbons (Fsp3) is 0.953. The average Bonchev–Trinajstić information content (AvgIpc) is 0.968. The smallest absolute Gasteiger partial charge is 0.462 e. The number of aliphatic hydroxyl groups is 1. The van der Waals surface area contributed by atoms with Gasteiger partial charge in [-0.25, -0.2) is 9.13 Å². The van der Waals surface area contributed by atoms with Crippen LogP contribution >= 0.6 is 15.6 Å². The van der Waals surface area contributed by atoms with Gasteiger partial charge in [-0.2, -0.15) is 0 Å². The molecule has 0 radical (unpaired) electrons. The van der Waals surface area contributed by atoms with E-state index in [2.05, 4.69) is 41.5 Å². The third kappa shape index (κ3) is 78.5. The highest BCUT2D eigenvalue weighted by molar-refractivity contribution is 7.47. The Morgan fingerprint density at radius 2 is 0.486 bits per heavy atom. The number of carbonyl (C=O) groups excluding carboxylic acids is 4. The van der Waals surface area contributed by atoms with Gasteiger partial charge in [0.1, 0.15) is 19.3 Å². The minimum atomic E-state index is -4.97. The van der Waals surface area contributed by atoms with Crippen molar-refractivity contribution in [2.75, 3.05) is 39.6 Å². The first-order valence-corrected chi connectivity index (χ1v) is 47.5. The van der Waals surface area contributed by atoms with Crippen LogP contribution < -0.4 is 0 Å². The Labute approximate surface area is 645 Å². The SMILES string of the molecule is CCCCCCCCCCCCCCCCCCCCCCCC(=O)OC[C@H](COP(=O)(O)OC[C@@H](O)COP(=O)(O)OC[C@@H](COC(=O)CCCCCCCCCC(C)C)OC(=O)CCCCCCCCCCCCCC)OC(=O)CCCCCCCCCCCCCCCCCCCCC(C)CC. The zero-order valence-electron chi connectivity index (χ0n) is 69.0. The maximum absolute atomic E-state index is 13.1. The molecule has 0 aliphatic rings. The van der Waals surface area contributed by atoms with Crippen molar-refractivity contribution < 1.29 is 80.2 Å². The fourth-order valence-electron chi connectivity index (χ4n) is 13.4. The number of aliphatic hydroxyl groups excluding tert-OH is 1. The van der Waals surface area contributed by atoms with Crippen LogP contribution in [0.3, 0.4) is 0 Å². The lowest BCUT2D eigenvalue weighted by Crippen LogP contribution is -2.30. The van der Waals surface area contributed by atoms with E-state index >= 15 is 0 Å². The lowest BCUT2D eigenvalue weighted by molar-refractivity contribution is -0.161. The van der Waals surface area contributed by atoms with Crippen molar-refractivity contribution in [2.24, 2.45) is 11.8 Å². The predicted octanol–water partition coefficient (Wildman–Crippen LogP) is 26.2. The monoisotopic (exact) mass is 1540 g/mol. The Morgan fingerprint density at radius 1 is 0.276 bits per heavy atom. The first-order chi connectivity index (χ1) is 50.9. The van der Waals surface area contributed by atoms with E-state index in [1.54, 1.807) is 0 Å². The van der Waals surface area contributed by atoms with Gasteiger partial charge < -0.3 is 33.8 Å². The van der Waals surface area contributed by atoms with E-state index in [0.29, 0.717) is 31.6 Å². The van der Waals surface area contributed by atoms with E-state index in [0.717, 1.165) is 102 Å². The topological polar surface area (TPSA) is 237 Å². The van der Waals surface area contributed by atoms with E-state index in [4.69, 9.17) is 37.0 Å². The number of phosphoric acid groups is 2. The quantitative estimate of drug-likeness (QED) is 0.0222. The maximum Gasteiger partial charge on any atom is 0.472 e. The van der Waals surface area contributed by atoms with Gasteiger partial charge in [0.15, 0.2) is 12.2 Å². The summed E-state index contributed by atoms with van der Waals surface area (Å²) in [6.45, 7) is 9.67. The molecule has 0 aromatic rings. The van der Waals surface area contributed by atoms with Crippen molar-refractivity contribution >= 4 is 39.5 Å². The number of unbranched alkanes of at least 4 members (excludes halogenated alkanes) is 54. The normalized spacial score (nSPS) is 14.1. The minimum absolute atomic E-state index is 0.107. The molecule has 19 heteroatoms. The van der Waals surface area contributed by atoms with Gasteiger partial charge >= 0.3 is 39.5 Å². The number of phosphoric ester groups is 2. The van der Waals surface area contributed by atoms with Crippen molar-refractivity contribution in [1.82, 2.24) is 0 Å². The Morgan fingerprint density at radius 3 is 0.724 bits per heavy atom. The van der Waals surface area contributed by atoms with E-state index in [-0.39, 0.29) is 25.7 Å². The fourth-order valence-corrected chi connectivity index (χ4v) is 15.0. The van der Waals surface area contributed by atoms with Crippen LogP contribution in [0.5, 0.6) is 0 Å². The first kappa shape index (κ1) is 103. The van der Waals surface area contributed by atoms with Crippen molar-refractivity contribution in [3.05, 3.63) is 0 Å². The number of rotatable bonds is 85. The molecule has 0 saturated carbocycles. The molecule has 0 heterocycles. The second kappa shape index (κ2) is 77.4. The van der Waals surface area contributed by atoms with Gasteiger partial charge in [-0.1, -0.05) is 408 Å². The minimum Gasteiger partial charge on any atom is -0.462 e. The number of hydrogen-bond donors (Lipinski definition) is 3. The van der Waals surface area contributed by atoms with Crippen molar-refractivity contribution in [1.29, 1.82) is 0 Å². The molecule has 624 valence electrons. The first-order valence-electron chi connectivity index (χ1n) is 44.5. The second-order valence-electron chi connectivity index (χ2n) is 31.6. The van der Waals surface area contributed by atoms with Crippen LogP contribution in [0.25, 0.3) is 0 Å². The highest BCUT2D eigenvalue weighted by Gasteiger charge is 2.30. The van der Waals surface area contributed by atoms with Crippen LogP contribution in [-0.4, -0.2) is 96.7 Å². The van der Waals surface area contributed by atoms with Crippen molar-refractivity contribution in [2.45, 2.75) is 477 Å². The van der Waals surface area contributed by atoms with Gasteiger partial charge in [-0.05, 0) is 37.5 Å². The molecule has 0 saturated heterocycles. The van der Waals surface area contributed by atoms with E-state index in [9.17, 15) is 43.2 Å². The summed E-state index contributed by atoms with van der Waals surface area (Å²) in [6.07, 6.45) is 69.6. The van der Waals surface area contributed by atoms with Gasteiger partial charge in [0, 0.05) is 25.7 Å². The van der Waals surface area contributed by atoms with Crippen molar-refractivity contribution in [3.8, 4) is 0 Å². The van der Waals surface area contributed by atoms with Crippen LogP contribution in [0, 0.1) is 11.8 Å². The van der Waals surface area contributed by atoms with Crippen LogP contribution in [0.15, 0.2) is 0 Å². The molecule has 0 aromatic carbocycles. The maximum atomic E-state index is 13.1. The van der Waals surface area contributed by atoms with Gasteiger partial charge in [0.05, 0.1) is 26.4 Å². The molecule has 3 unspecified atom stereocenters. The zero-order valence-corrected chi connectivity index (χ0v) is 70.8. The highest BCUT2D eigenvalue weighted by Crippen LogP contribution is 2.45. The predicted molar refractivity (Wildman–Crippen MR) is 432 cm³/mol. The lowest BCUT2D eigenvalue weighted by atomic mass is 9.99. The summed E-state index contributed by atoms with van der Waals surface area (Å²) >= 11 is 0.